The SMILES string of the molecule is CCCn1ncc(Br)c1C(CCCOC)NN. The second kappa shape index (κ2) is 7.81. The first kappa shape index (κ1) is 14.6. The molecule has 0 aromatic carbocycles. The van der Waals surface area contributed by atoms with Gasteiger partial charge in [-0.05, 0) is 35.2 Å². The number of hydrazine groups is 1. The summed E-state index contributed by atoms with van der Waals surface area (Å²) in [6.45, 7) is 3.79. The summed E-state index contributed by atoms with van der Waals surface area (Å²) >= 11 is 3.53. The summed E-state index contributed by atoms with van der Waals surface area (Å²) in [6, 6.07) is 0.105. The second-order valence-electron chi connectivity index (χ2n) is 3.96. The maximum Gasteiger partial charge on any atom is 0.0709 e. The zero-order chi connectivity index (χ0) is 12.7. The van der Waals surface area contributed by atoms with E-state index >= 15 is 0 Å². The first-order chi connectivity index (χ1) is 8.24. The molecule has 3 N–H and O–H groups in total. The lowest BCUT2D eigenvalue weighted by Crippen LogP contribution is -2.30. The Balaban J connectivity index is 2.75. The van der Waals surface area contributed by atoms with Gasteiger partial charge in [-0.2, -0.15) is 5.10 Å². The topological polar surface area (TPSA) is 65.1 Å². The molecule has 6 heteroatoms. The number of methoxy groups -OCH3 is 1. The quantitative estimate of drug-likeness (QED) is 0.438. The Morgan fingerprint density at radius 3 is 3.00 bits per heavy atom. The van der Waals surface area contributed by atoms with Gasteiger partial charge in [-0.1, -0.05) is 6.92 Å². The molecule has 0 amide bonds. The van der Waals surface area contributed by atoms with Crippen LogP contribution in [0.25, 0.3) is 0 Å². The van der Waals surface area contributed by atoms with Crippen molar-refractivity contribution in [2.75, 3.05) is 13.7 Å². The van der Waals surface area contributed by atoms with Crippen LogP contribution in [0.3, 0.4) is 0 Å². The van der Waals surface area contributed by atoms with Crippen molar-refractivity contribution in [2.24, 2.45) is 5.84 Å². The van der Waals surface area contributed by atoms with Crippen molar-refractivity contribution in [1.29, 1.82) is 0 Å². The Labute approximate surface area is 111 Å². The number of halogens is 1. The lowest BCUT2D eigenvalue weighted by Gasteiger charge is -2.18. The minimum atomic E-state index is 0.105. The van der Waals surface area contributed by atoms with Gasteiger partial charge < -0.3 is 4.74 Å². The first-order valence-corrected chi connectivity index (χ1v) is 6.70. The highest BCUT2D eigenvalue weighted by Crippen LogP contribution is 2.26. The summed E-state index contributed by atoms with van der Waals surface area (Å²) in [6.07, 6.45) is 4.77. The zero-order valence-electron chi connectivity index (χ0n) is 10.4. The smallest absolute Gasteiger partial charge is 0.0709 e. The molecule has 0 radical (unpaired) electrons. The van der Waals surface area contributed by atoms with Crippen molar-refractivity contribution >= 4 is 15.9 Å². The number of aryl methyl sites for hydroxylation is 1. The normalized spacial score (nSPS) is 12.9. The van der Waals surface area contributed by atoms with Crippen LogP contribution in [-0.4, -0.2) is 23.5 Å². The van der Waals surface area contributed by atoms with E-state index in [0.717, 1.165) is 42.6 Å². The number of nitrogens with one attached hydrogen (secondary N) is 1. The average Bonchev–Trinajstić information content (AvgIpc) is 2.68. The third-order valence-corrected chi connectivity index (χ3v) is 3.25. The second-order valence-corrected chi connectivity index (χ2v) is 4.81. The lowest BCUT2D eigenvalue weighted by atomic mass is 10.1. The zero-order valence-corrected chi connectivity index (χ0v) is 12.0. The van der Waals surface area contributed by atoms with E-state index in [2.05, 4.69) is 33.4 Å². The highest BCUT2D eigenvalue weighted by Gasteiger charge is 2.18. The van der Waals surface area contributed by atoms with E-state index in [4.69, 9.17) is 10.6 Å². The molecular formula is C11H21BrN4O. The monoisotopic (exact) mass is 304 g/mol. The minimum Gasteiger partial charge on any atom is -0.385 e. The average molecular weight is 305 g/mol. The van der Waals surface area contributed by atoms with Gasteiger partial charge >= 0.3 is 0 Å². The van der Waals surface area contributed by atoms with Crippen LogP contribution < -0.4 is 11.3 Å². The van der Waals surface area contributed by atoms with Crippen LogP contribution in [-0.2, 0) is 11.3 Å². The van der Waals surface area contributed by atoms with Crippen molar-refractivity contribution in [3.05, 3.63) is 16.4 Å². The maximum absolute atomic E-state index is 5.63. The fourth-order valence-electron chi connectivity index (χ4n) is 1.84. The standard InChI is InChI=1S/C11H21BrN4O/c1-3-6-16-11(9(12)8-14-16)10(15-13)5-4-7-17-2/h8,10,15H,3-7,13H2,1-2H3. The summed E-state index contributed by atoms with van der Waals surface area (Å²) in [4.78, 5) is 0. The molecule has 5 nitrogen and oxygen atoms in total. The van der Waals surface area contributed by atoms with Crippen molar-refractivity contribution in [1.82, 2.24) is 15.2 Å². The molecule has 98 valence electrons. The number of rotatable bonds is 8. The summed E-state index contributed by atoms with van der Waals surface area (Å²) in [5.74, 6) is 5.63. The van der Waals surface area contributed by atoms with Crippen LogP contribution in [0.4, 0.5) is 0 Å². The van der Waals surface area contributed by atoms with Crippen molar-refractivity contribution in [2.45, 2.75) is 38.8 Å². The predicted octanol–water partition coefficient (Wildman–Crippen LogP) is 1.99. The maximum atomic E-state index is 5.63. The van der Waals surface area contributed by atoms with Gasteiger partial charge in [0.15, 0.2) is 0 Å². The van der Waals surface area contributed by atoms with E-state index in [1.54, 1.807) is 7.11 Å². The van der Waals surface area contributed by atoms with E-state index in [1.165, 1.54) is 0 Å². The Hall–Kier alpha value is -0.430. The Morgan fingerprint density at radius 2 is 2.41 bits per heavy atom. The number of aromatic nitrogens is 2. The van der Waals surface area contributed by atoms with Gasteiger partial charge in [0, 0.05) is 20.3 Å². The number of hydrogen-bond acceptors (Lipinski definition) is 4. The van der Waals surface area contributed by atoms with Crippen molar-refractivity contribution < 1.29 is 4.74 Å². The van der Waals surface area contributed by atoms with Gasteiger partial charge in [0.25, 0.3) is 0 Å². The van der Waals surface area contributed by atoms with Crippen LogP contribution in [0.5, 0.6) is 0 Å². The summed E-state index contributed by atoms with van der Waals surface area (Å²) in [7, 11) is 1.71. The van der Waals surface area contributed by atoms with Gasteiger partial charge in [-0.15, -0.1) is 0 Å². The number of nitrogens with two attached hydrogens (primary N) is 1. The molecule has 0 fully saturated rings. The van der Waals surface area contributed by atoms with Crippen LogP contribution in [0.15, 0.2) is 10.7 Å². The third-order valence-electron chi connectivity index (χ3n) is 2.64. The predicted molar refractivity (Wildman–Crippen MR) is 71.4 cm³/mol. The first-order valence-electron chi connectivity index (χ1n) is 5.90. The van der Waals surface area contributed by atoms with E-state index in [0.29, 0.717) is 0 Å². The van der Waals surface area contributed by atoms with Crippen LogP contribution in [0, 0.1) is 0 Å². The molecule has 1 atom stereocenters. The molecule has 1 heterocycles. The highest BCUT2D eigenvalue weighted by atomic mass is 79.9. The molecule has 0 bridgehead atoms. The minimum absolute atomic E-state index is 0.105. The molecular weight excluding hydrogens is 284 g/mol. The lowest BCUT2D eigenvalue weighted by molar-refractivity contribution is 0.188. The molecule has 1 aromatic heterocycles. The molecule has 0 aliphatic carbocycles. The summed E-state index contributed by atoms with van der Waals surface area (Å²) < 4.78 is 8.07. The summed E-state index contributed by atoms with van der Waals surface area (Å²) in [5, 5.41) is 4.35. The van der Waals surface area contributed by atoms with Gasteiger partial charge in [0.2, 0.25) is 0 Å². The fraction of sp³-hybridized carbons (Fsp3) is 0.727. The van der Waals surface area contributed by atoms with E-state index in [-0.39, 0.29) is 6.04 Å². The Morgan fingerprint density at radius 1 is 1.65 bits per heavy atom. The molecule has 0 saturated heterocycles. The van der Waals surface area contributed by atoms with E-state index < -0.39 is 0 Å². The molecule has 0 aliphatic heterocycles. The number of nitrogens with zero attached hydrogens (tertiary/aromatic N) is 2. The largest absolute Gasteiger partial charge is 0.385 e. The molecule has 1 rings (SSSR count). The number of hydrogen-bond donors (Lipinski definition) is 2. The third kappa shape index (κ3) is 4.06. The fourth-order valence-corrected chi connectivity index (χ4v) is 2.41. The molecule has 17 heavy (non-hydrogen) atoms. The highest BCUT2D eigenvalue weighted by molar-refractivity contribution is 9.10. The van der Waals surface area contributed by atoms with Gasteiger partial charge in [0.05, 0.1) is 22.4 Å². The molecule has 1 aromatic rings. The molecule has 0 spiro atoms. The Bertz CT molecular complexity index is 329. The number of ether oxygens (including phenoxy) is 1. The molecule has 0 aliphatic rings. The van der Waals surface area contributed by atoms with Crippen molar-refractivity contribution in [3.8, 4) is 0 Å². The molecule has 1 unspecified atom stereocenters. The van der Waals surface area contributed by atoms with Crippen molar-refractivity contribution in [3.63, 3.8) is 0 Å². The van der Waals surface area contributed by atoms with Crippen LogP contribution >= 0.6 is 15.9 Å². The van der Waals surface area contributed by atoms with Gasteiger partial charge in [-0.25, -0.2) is 0 Å². The van der Waals surface area contributed by atoms with E-state index in [1.807, 2.05) is 10.9 Å². The van der Waals surface area contributed by atoms with Crippen LogP contribution in [0.1, 0.15) is 37.9 Å². The molecule has 0 saturated carbocycles. The van der Waals surface area contributed by atoms with Gasteiger partial charge in [-0.3, -0.25) is 16.0 Å². The van der Waals surface area contributed by atoms with Crippen LogP contribution in [0.2, 0.25) is 0 Å². The van der Waals surface area contributed by atoms with E-state index in [9.17, 15) is 0 Å². The summed E-state index contributed by atoms with van der Waals surface area (Å²) in [5.41, 5.74) is 3.97. The Kier molecular flexibility index (Phi) is 6.72. The van der Waals surface area contributed by atoms with Gasteiger partial charge in [0.1, 0.15) is 0 Å².